The van der Waals surface area contributed by atoms with Crippen LogP contribution >= 0.6 is 11.3 Å². The second kappa shape index (κ2) is 9.58. The van der Waals surface area contributed by atoms with Crippen molar-refractivity contribution in [2.24, 2.45) is 5.92 Å². The van der Waals surface area contributed by atoms with Gasteiger partial charge >= 0.3 is 0 Å². The maximum Gasteiger partial charge on any atom is 0.254 e. The topological polar surface area (TPSA) is 56.8 Å². The van der Waals surface area contributed by atoms with E-state index in [1.54, 1.807) is 17.5 Å². The van der Waals surface area contributed by atoms with Gasteiger partial charge in [-0.1, -0.05) is 44.2 Å². The number of thiophene rings is 1. The lowest BCUT2D eigenvalue weighted by atomic mass is 9.80. The number of aromatic nitrogens is 1. The third-order valence-corrected chi connectivity index (χ3v) is 7.61. The first-order chi connectivity index (χ1) is 16.5. The van der Waals surface area contributed by atoms with Crippen LogP contribution in [0.3, 0.4) is 0 Å². The summed E-state index contributed by atoms with van der Waals surface area (Å²) in [4.78, 5) is 39.4. The zero-order chi connectivity index (χ0) is 23.7. The molecule has 0 N–H and O–H groups in total. The van der Waals surface area contributed by atoms with E-state index in [1.165, 1.54) is 0 Å². The monoisotopic (exact) mass is 474 g/mol. The van der Waals surface area contributed by atoms with Gasteiger partial charge in [-0.2, -0.15) is 0 Å². The Balaban J connectivity index is 1.48. The van der Waals surface area contributed by atoms with E-state index in [0.29, 0.717) is 31.1 Å². The minimum atomic E-state index is -0.410. The molecule has 1 saturated heterocycles. The lowest BCUT2D eigenvalue weighted by Crippen LogP contribution is -2.53. The number of hydrogen-bond acceptors (Lipinski definition) is 5. The summed E-state index contributed by atoms with van der Waals surface area (Å²) < 4.78 is 0. The molecule has 2 aliphatic rings. The highest BCUT2D eigenvalue weighted by Crippen LogP contribution is 2.45. The molecule has 34 heavy (non-hydrogen) atoms. The third kappa shape index (κ3) is 4.20. The Hall–Kier alpha value is -3.19. The zero-order valence-corrected chi connectivity index (χ0v) is 20.4. The van der Waals surface area contributed by atoms with Crippen molar-refractivity contribution in [2.75, 3.05) is 37.6 Å². The highest BCUT2D eigenvalue weighted by atomic mass is 32.1. The fraction of sp³-hybridized carbons (Fsp3) is 0.370. The minimum absolute atomic E-state index is 0.0201. The van der Waals surface area contributed by atoms with Crippen molar-refractivity contribution in [3.8, 4) is 0 Å². The van der Waals surface area contributed by atoms with Gasteiger partial charge in [0.1, 0.15) is 5.82 Å². The molecule has 1 aromatic carbocycles. The molecule has 4 heterocycles. The van der Waals surface area contributed by atoms with E-state index in [1.807, 2.05) is 63.7 Å². The van der Waals surface area contributed by atoms with Crippen LogP contribution in [0.15, 0.2) is 66.2 Å². The first-order valence-electron chi connectivity index (χ1n) is 11.9. The molecule has 1 fully saturated rings. The highest BCUT2D eigenvalue weighted by molar-refractivity contribution is 7.10. The molecule has 0 bridgehead atoms. The van der Waals surface area contributed by atoms with Crippen molar-refractivity contribution in [3.05, 3.63) is 82.2 Å². The Morgan fingerprint density at radius 1 is 1.03 bits per heavy atom. The van der Waals surface area contributed by atoms with Gasteiger partial charge in [0.25, 0.3) is 5.91 Å². The average molecular weight is 475 g/mol. The van der Waals surface area contributed by atoms with Gasteiger partial charge in [0.2, 0.25) is 5.91 Å². The molecule has 6 nitrogen and oxygen atoms in total. The predicted molar refractivity (Wildman–Crippen MR) is 135 cm³/mol. The first kappa shape index (κ1) is 22.6. The van der Waals surface area contributed by atoms with Crippen LogP contribution in [-0.4, -0.2) is 59.3 Å². The number of carbonyl (C=O) groups is 2. The molecule has 0 spiro atoms. The Morgan fingerprint density at radius 2 is 1.79 bits per heavy atom. The van der Waals surface area contributed by atoms with E-state index in [-0.39, 0.29) is 17.9 Å². The number of carbonyl (C=O) groups excluding carboxylic acids is 2. The molecule has 2 amide bonds. The van der Waals surface area contributed by atoms with E-state index < -0.39 is 5.92 Å². The molecule has 0 aliphatic carbocycles. The molecule has 2 aliphatic heterocycles. The summed E-state index contributed by atoms with van der Waals surface area (Å²) in [6, 6.07) is 17.4. The van der Waals surface area contributed by atoms with Crippen LogP contribution in [0.25, 0.3) is 0 Å². The van der Waals surface area contributed by atoms with Gasteiger partial charge in [0, 0.05) is 49.4 Å². The molecule has 0 saturated carbocycles. The number of rotatable bonds is 5. The highest BCUT2D eigenvalue weighted by Gasteiger charge is 2.46. The Morgan fingerprint density at radius 3 is 2.47 bits per heavy atom. The number of hydrogen-bond donors (Lipinski definition) is 0. The third-order valence-electron chi connectivity index (χ3n) is 6.67. The lowest BCUT2D eigenvalue weighted by Gasteiger charge is -2.44. The first-order valence-corrected chi connectivity index (χ1v) is 12.8. The van der Waals surface area contributed by atoms with Crippen LogP contribution in [0.1, 0.15) is 46.6 Å². The molecule has 2 atom stereocenters. The normalized spacial score (nSPS) is 20.6. The van der Waals surface area contributed by atoms with Crippen molar-refractivity contribution in [1.29, 1.82) is 0 Å². The number of piperazine rings is 1. The molecule has 2 unspecified atom stereocenters. The summed E-state index contributed by atoms with van der Waals surface area (Å²) in [6.45, 7) is 7.63. The standard InChI is InChI=1S/C27H30N4O2S/c1-19(2)18-31-25(22-10-7-17-34-22)24(20-8-3-4-9-21(20)26(31)32)27(33)30-15-13-29(14-16-30)23-11-5-6-12-28-23/h3-12,17,19,24-25H,13-16,18H2,1-2H3. The van der Waals surface area contributed by atoms with Crippen molar-refractivity contribution in [3.63, 3.8) is 0 Å². The molecule has 2 aromatic heterocycles. The quantitative estimate of drug-likeness (QED) is 0.549. The van der Waals surface area contributed by atoms with E-state index in [0.717, 1.165) is 29.3 Å². The smallest absolute Gasteiger partial charge is 0.254 e. The largest absolute Gasteiger partial charge is 0.353 e. The van der Waals surface area contributed by atoms with Gasteiger partial charge in [-0.3, -0.25) is 9.59 Å². The summed E-state index contributed by atoms with van der Waals surface area (Å²) in [5, 5.41) is 2.03. The average Bonchev–Trinajstić information content (AvgIpc) is 3.40. The fourth-order valence-corrected chi connectivity index (χ4v) is 6.00. The number of fused-ring (bicyclic) bond motifs is 1. The summed E-state index contributed by atoms with van der Waals surface area (Å²) in [7, 11) is 0. The molecule has 7 heteroatoms. The van der Waals surface area contributed by atoms with Crippen LogP contribution in [0.2, 0.25) is 0 Å². The number of amides is 2. The molecular weight excluding hydrogens is 444 g/mol. The second-order valence-electron chi connectivity index (χ2n) is 9.38. The number of benzene rings is 1. The van der Waals surface area contributed by atoms with Crippen molar-refractivity contribution >= 4 is 29.0 Å². The number of nitrogens with zero attached hydrogens (tertiary/aromatic N) is 4. The summed E-state index contributed by atoms with van der Waals surface area (Å²) in [5.74, 6) is 0.962. The van der Waals surface area contributed by atoms with Gasteiger partial charge in [-0.05, 0) is 41.1 Å². The number of anilines is 1. The van der Waals surface area contributed by atoms with Gasteiger partial charge in [-0.15, -0.1) is 11.3 Å². The maximum absolute atomic E-state index is 14.2. The fourth-order valence-electron chi connectivity index (χ4n) is 5.12. The molecular formula is C27H30N4O2S. The van der Waals surface area contributed by atoms with Crippen LogP contribution in [0, 0.1) is 5.92 Å². The van der Waals surface area contributed by atoms with E-state index >= 15 is 0 Å². The SMILES string of the molecule is CC(C)CN1C(=O)c2ccccc2C(C(=O)N2CCN(c3ccccn3)CC2)C1c1cccs1. The van der Waals surface area contributed by atoms with Crippen molar-refractivity contribution < 1.29 is 9.59 Å². The Labute approximate surface area is 204 Å². The summed E-state index contributed by atoms with van der Waals surface area (Å²) >= 11 is 1.62. The van der Waals surface area contributed by atoms with Crippen molar-refractivity contribution in [2.45, 2.75) is 25.8 Å². The van der Waals surface area contributed by atoms with Crippen molar-refractivity contribution in [1.82, 2.24) is 14.8 Å². The van der Waals surface area contributed by atoms with Crippen LogP contribution < -0.4 is 4.90 Å². The van der Waals surface area contributed by atoms with Crippen LogP contribution in [0.4, 0.5) is 5.82 Å². The van der Waals surface area contributed by atoms with Gasteiger partial charge in [0.05, 0.1) is 12.0 Å². The molecule has 5 rings (SSSR count). The maximum atomic E-state index is 14.2. The Kier molecular flexibility index (Phi) is 6.37. The minimum Gasteiger partial charge on any atom is -0.353 e. The molecule has 3 aromatic rings. The van der Waals surface area contributed by atoms with Gasteiger partial charge in [-0.25, -0.2) is 4.98 Å². The van der Waals surface area contributed by atoms with E-state index in [4.69, 9.17) is 0 Å². The van der Waals surface area contributed by atoms with Crippen LogP contribution in [-0.2, 0) is 4.79 Å². The van der Waals surface area contributed by atoms with Gasteiger partial charge < -0.3 is 14.7 Å². The Bertz CT molecular complexity index is 1140. The van der Waals surface area contributed by atoms with Gasteiger partial charge in [0.15, 0.2) is 0 Å². The van der Waals surface area contributed by atoms with E-state index in [2.05, 4.69) is 29.8 Å². The molecule has 176 valence electrons. The summed E-state index contributed by atoms with van der Waals surface area (Å²) in [6.07, 6.45) is 1.80. The lowest BCUT2D eigenvalue weighted by molar-refractivity contribution is -0.135. The molecule has 0 radical (unpaired) electrons. The van der Waals surface area contributed by atoms with Crippen LogP contribution in [0.5, 0.6) is 0 Å². The van der Waals surface area contributed by atoms with E-state index in [9.17, 15) is 9.59 Å². The summed E-state index contributed by atoms with van der Waals surface area (Å²) in [5.41, 5.74) is 1.50. The zero-order valence-electron chi connectivity index (χ0n) is 19.6. The predicted octanol–water partition coefficient (Wildman–Crippen LogP) is 4.43. The number of pyridine rings is 1. The second-order valence-corrected chi connectivity index (χ2v) is 10.4.